The molecule has 2 N–H and O–H groups in total. The highest BCUT2D eigenvalue weighted by Gasteiger charge is 2.23. The van der Waals surface area contributed by atoms with Crippen LogP contribution in [0.5, 0.6) is 5.75 Å². The van der Waals surface area contributed by atoms with Crippen LogP contribution in [0.15, 0.2) is 18.2 Å². The summed E-state index contributed by atoms with van der Waals surface area (Å²) < 4.78 is 13.5. The van der Waals surface area contributed by atoms with Crippen molar-refractivity contribution >= 4 is 0 Å². The van der Waals surface area contributed by atoms with Crippen LogP contribution in [0, 0.1) is 5.82 Å². The number of rotatable bonds is 6. The zero-order chi connectivity index (χ0) is 15.2. The minimum atomic E-state index is -0.290. The molecule has 1 heterocycles. The smallest absolute Gasteiger partial charge is 0.123 e. The van der Waals surface area contributed by atoms with E-state index in [0.29, 0.717) is 11.6 Å². The standard InChI is InChI=1S/C17H27FN2O/c1-3-10-20(12-15-6-4-5-9-19-15)13(2)16-11-14(18)7-8-17(16)21/h7-8,11,13,15,19,21H,3-6,9-10,12H2,1-2H3. The van der Waals surface area contributed by atoms with Crippen molar-refractivity contribution in [1.29, 1.82) is 0 Å². The third kappa shape index (κ3) is 4.42. The first-order chi connectivity index (χ1) is 10.1. The third-order valence-corrected chi connectivity index (χ3v) is 4.37. The Morgan fingerprint density at radius 2 is 2.24 bits per heavy atom. The second-order valence-electron chi connectivity index (χ2n) is 6.02. The Bertz CT molecular complexity index is 446. The van der Waals surface area contributed by atoms with Gasteiger partial charge >= 0.3 is 0 Å². The second-order valence-corrected chi connectivity index (χ2v) is 6.02. The van der Waals surface area contributed by atoms with Gasteiger partial charge in [0, 0.05) is 24.2 Å². The monoisotopic (exact) mass is 294 g/mol. The lowest BCUT2D eigenvalue weighted by Crippen LogP contribution is -2.44. The summed E-state index contributed by atoms with van der Waals surface area (Å²) >= 11 is 0. The number of phenols is 1. The lowest BCUT2D eigenvalue weighted by atomic mass is 10.0. The van der Waals surface area contributed by atoms with Gasteiger partial charge in [0.25, 0.3) is 0 Å². The second kappa shape index (κ2) is 7.76. The molecule has 0 spiro atoms. The molecule has 0 bridgehead atoms. The van der Waals surface area contributed by atoms with E-state index in [4.69, 9.17) is 0 Å². The summed E-state index contributed by atoms with van der Waals surface area (Å²) in [5.74, 6) is -0.108. The SMILES string of the molecule is CCCN(CC1CCCCN1)C(C)c1cc(F)ccc1O. The molecule has 2 unspecified atom stereocenters. The van der Waals surface area contributed by atoms with E-state index >= 15 is 0 Å². The quantitative estimate of drug-likeness (QED) is 0.843. The van der Waals surface area contributed by atoms with E-state index < -0.39 is 0 Å². The molecule has 2 atom stereocenters. The van der Waals surface area contributed by atoms with Crippen LogP contribution in [0.25, 0.3) is 0 Å². The maximum atomic E-state index is 13.5. The first-order valence-electron chi connectivity index (χ1n) is 8.07. The number of nitrogens with zero attached hydrogens (tertiary/aromatic N) is 1. The average Bonchev–Trinajstić information content (AvgIpc) is 2.49. The number of nitrogens with one attached hydrogen (secondary N) is 1. The number of phenolic OH excluding ortho intramolecular Hbond substituents is 1. The van der Waals surface area contributed by atoms with Gasteiger partial charge in [0.15, 0.2) is 0 Å². The molecule has 0 saturated carbocycles. The Balaban J connectivity index is 2.10. The molecule has 0 aliphatic carbocycles. The van der Waals surface area contributed by atoms with Crippen LogP contribution in [0.4, 0.5) is 4.39 Å². The molecule has 0 radical (unpaired) electrons. The fourth-order valence-corrected chi connectivity index (χ4v) is 3.15. The van der Waals surface area contributed by atoms with Gasteiger partial charge in [-0.3, -0.25) is 4.90 Å². The Labute approximate surface area is 127 Å². The molecule has 3 nitrogen and oxygen atoms in total. The number of hydrogen-bond donors (Lipinski definition) is 2. The van der Waals surface area contributed by atoms with Gasteiger partial charge < -0.3 is 10.4 Å². The highest BCUT2D eigenvalue weighted by atomic mass is 19.1. The zero-order valence-electron chi connectivity index (χ0n) is 13.1. The van der Waals surface area contributed by atoms with Crippen LogP contribution >= 0.6 is 0 Å². The van der Waals surface area contributed by atoms with Gasteiger partial charge in [0.2, 0.25) is 0 Å². The van der Waals surface area contributed by atoms with Crippen molar-refractivity contribution in [1.82, 2.24) is 10.2 Å². The predicted octanol–water partition coefficient (Wildman–Crippen LogP) is 3.45. The van der Waals surface area contributed by atoms with Gasteiger partial charge in [-0.15, -0.1) is 0 Å². The molecule has 1 aromatic rings. The first-order valence-corrected chi connectivity index (χ1v) is 8.07. The minimum absolute atomic E-state index is 0.0179. The molecular formula is C17H27FN2O. The van der Waals surface area contributed by atoms with Crippen molar-refractivity contribution in [2.45, 2.75) is 51.6 Å². The summed E-state index contributed by atoms with van der Waals surface area (Å²) in [7, 11) is 0. The number of piperidine rings is 1. The molecule has 21 heavy (non-hydrogen) atoms. The van der Waals surface area contributed by atoms with Crippen molar-refractivity contribution in [3.8, 4) is 5.75 Å². The highest BCUT2D eigenvalue weighted by molar-refractivity contribution is 5.35. The molecule has 4 heteroatoms. The topological polar surface area (TPSA) is 35.5 Å². The Morgan fingerprint density at radius 3 is 2.90 bits per heavy atom. The average molecular weight is 294 g/mol. The van der Waals surface area contributed by atoms with Crippen LogP contribution in [0.3, 0.4) is 0 Å². The number of hydrogen-bond acceptors (Lipinski definition) is 3. The lowest BCUT2D eigenvalue weighted by molar-refractivity contribution is 0.173. The van der Waals surface area contributed by atoms with E-state index in [0.717, 1.165) is 26.1 Å². The molecular weight excluding hydrogens is 267 g/mol. The summed E-state index contributed by atoms with van der Waals surface area (Å²) in [6.45, 7) is 7.19. The van der Waals surface area contributed by atoms with Gasteiger partial charge in [-0.25, -0.2) is 4.39 Å². The van der Waals surface area contributed by atoms with Crippen molar-refractivity contribution < 1.29 is 9.50 Å². The summed E-state index contributed by atoms with van der Waals surface area (Å²) in [4.78, 5) is 2.34. The van der Waals surface area contributed by atoms with Crippen LogP contribution in [-0.4, -0.2) is 35.7 Å². The molecule has 0 amide bonds. The van der Waals surface area contributed by atoms with E-state index in [1.807, 2.05) is 6.92 Å². The third-order valence-electron chi connectivity index (χ3n) is 4.37. The van der Waals surface area contributed by atoms with Crippen LogP contribution in [0.2, 0.25) is 0 Å². The normalized spacial score (nSPS) is 20.7. The molecule has 1 fully saturated rings. The molecule has 118 valence electrons. The van der Waals surface area contributed by atoms with Gasteiger partial charge in [-0.1, -0.05) is 13.3 Å². The maximum Gasteiger partial charge on any atom is 0.123 e. The van der Waals surface area contributed by atoms with Gasteiger partial charge in [-0.05, 0) is 57.5 Å². The maximum absolute atomic E-state index is 13.5. The lowest BCUT2D eigenvalue weighted by Gasteiger charge is -2.34. The van der Waals surface area contributed by atoms with Crippen LogP contribution < -0.4 is 5.32 Å². The fraction of sp³-hybridized carbons (Fsp3) is 0.647. The van der Waals surface area contributed by atoms with Gasteiger partial charge in [0.1, 0.15) is 11.6 Å². The van der Waals surface area contributed by atoms with Crippen molar-refractivity contribution in [3.05, 3.63) is 29.6 Å². The largest absolute Gasteiger partial charge is 0.508 e. The van der Waals surface area contributed by atoms with Crippen molar-refractivity contribution in [2.24, 2.45) is 0 Å². The summed E-state index contributed by atoms with van der Waals surface area (Å²) in [6, 6.07) is 4.73. The molecule has 1 aliphatic rings. The summed E-state index contributed by atoms with van der Waals surface area (Å²) in [5, 5.41) is 13.6. The zero-order valence-corrected chi connectivity index (χ0v) is 13.1. The van der Waals surface area contributed by atoms with Gasteiger partial charge in [-0.2, -0.15) is 0 Å². The number of halogens is 1. The number of benzene rings is 1. The predicted molar refractivity (Wildman–Crippen MR) is 84.0 cm³/mol. The molecule has 1 saturated heterocycles. The van der Waals surface area contributed by atoms with Crippen molar-refractivity contribution in [2.75, 3.05) is 19.6 Å². The highest BCUT2D eigenvalue weighted by Crippen LogP contribution is 2.29. The van der Waals surface area contributed by atoms with E-state index in [1.54, 1.807) is 0 Å². The Kier molecular flexibility index (Phi) is 6.00. The van der Waals surface area contributed by atoms with E-state index in [-0.39, 0.29) is 17.6 Å². The molecule has 1 aliphatic heterocycles. The van der Waals surface area contributed by atoms with Crippen LogP contribution in [0.1, 0.15) is 51.1 Å². The summed E-state index contributed by atoms with van der Waals surface area (Å²) in [6.07, 6.45) is 4.77. The minimum Gasteiger partial charge on any atom is -0.508 e. The van der Waals surface area contributed by atoms with E-state index in [9.17, 15) is 9.50 Å². The first kappa shape index (κ1) is 16.2. The molecule has 2 rings (SSSR count). The van der Waals surface area contributed by atoms with Gasteiger partial charge in [0.05, 0.1) is 0 Å². The fourth-order valence-electron chi connectivity index (χ4n) is 3.15. The van der Waals surface area contributed by atoms with Crippen molar-refractivity contribution in [3.63, 3.8) is 0 Å². The Morgan fingerprint density at radius 1 is 1.43 bits per heavy atom. The molecule has 0 aromatic heterocycles. The van der Waals surface area contributed by atoms with Crippen LogP contribution in [-0.2, 0) is 0 Å². The Hall–Kier alpha value is -1.13. The van der Waals surface area contributed by atoms with E-state index in [2.05, 4.69) is 17.1 Å². The summed E-state index contributed by atoms with van der Waals surface area (Å²) in [5.41, 5.74) is 0.680. The molecule has 1 aromatic carbocycles. The van der Waals surface area contributed by atoms with E-state index in [1.165, 1.54) is 37.5 Å². The number of aromatic hydroxyl groups is 1.